The molecule has 24 heavy (non-hydrogen) atoms. The number of carbonyl (C=O) groups is 1. The van der Waals surface area contributed by atoms with E-state index in [2.05, 4.69) is 60.9 Å². The van der Waals surface area contributed by atoms with E-state index < -0.39 is 0 Å². The lowest BCUT2D eigenvalue weighted by molar-refractivity contribution is -0.116. The molecule has 2 N–H and O–H groups in total. The fourth-order valence-electron chi connectivity index (χ4n) is 2.53. The Hall–Kier alpha value is -2.13. The molecule has 0 bridgehead atoms. The highest BCUT2D eigenvalue weighted by Crippen LogP contribution is 2.15. The first-order chi connectivity index (χ1) is 11.6. The predicted molar refractivity (Wildman–Crippen MR) is 101 cm³/mol. The standard InChI is InChI=1S/C21H28N2O/c1-4-5-21(24)23-20-12-8-18(9-13-20)15-22-14-17-6-10-19(11-7-17)16(2)3/h6-13,16,22H,4-5,14-15H2,1-3H3,(H,23,24). The van der Waals surface area contributed by atoms with Gasteiger partial charge in [0.1, 0.15) is 0 Å². The van der Waals surface area contributed by atoms with E-state index >= 15 is 0 Å². The van der Waals surface area contributed by atoms with Gasteiger partial charge < -0.3 is 10.6 Å². The van der Waals surface area contributed by atoms with Gasteiger partial charge in [0.25, 0.3) is 0 Å². The van der Waals surface area contributed by atoms with Gasteiger partial charge in [0, 0.05) is 25.2 Å². The van der Waals surface area contributed by atoms with Crippen molar-refractivity contribution >= 4 is 11.6 Å². The van der Waals surface area contributed by atoms with Crippen molar-refractivity contribution in [2.24, 2.45) is 0 Å². The number of nitrogens with one attached hydrogen (secondary N) is 2. The molecule has 1 amide bonds. The summed E-state index contributed by atoms with van der Waals surface area (Å²) in [4.78, 5) is 11.6. The Morgan fingerprint density at radius 1 is 0.917 bits per heavy atom. The van der Waals surface area contributed by atoms with Gasteiger partial charge >= 0.3 is 0 Å². The van der Waals surface area contributed by atoms with E-state index in [-0.39, 0.29) is 5.91 Å². The number of hydrogen-bond donors (Lipinski definition) is 2. The van der Waals surface area contributed by atoms with Crippen LogP contribution in [0.3, 0.4) is 0 Å². The highest BCUT2D eigenvalue weighted by molar-refractivity contribution is 5.90. The third-order valence-electron chi connectivity index (χ3n) is 4.02. The van der Waals surface area contributed by atoms with Crippen molar-refractivity contribution in [2.45, 2.75) is 52.6 Å². The summed E-state index contributed by atoms with van der Waals surface area (Å²) in [6.07, 6.45) is 1.44. The molecule has 128 valence electrons. The molecule has 2 rings (SSSR count). The van der Waals surface area contributed by atoms with Crippen LogP contribution >= 0.6 is 0 Å². The number of rotatable bonds is 8. The van der Waals surface area contributed by atoms with E-state index in [9.17, 15) is 4.79 Å². The van der Waals surface area contributed by atoms with E-state index in [4.69, 9.17) is 0 Å². The largest absolute Gasteiger partial charge is 0.326 e. The van der Waals surface area contributed by atoms with Crippen molar-refractivity contribution in [3.63, 3.8) is 0 Å². The van der Waals surface area contributed by atoms with Gasteiger partial charge in [-0.3, -0.25) is 4.79 Å². The van der Waals surface area contributed by atoms with Gasteiger partial charge in [0.15, 0.2) is 0 Å². The summed E-state index contributed by atoms with van der Waals surface area (Å²) < 4.78 is 0. The van der Waals surface area contributed by atoms with Gasteiger partial charge in [0.2, 0.25) is 5.91 Å². The second-order valence-corrected chi connectivity index (χ2v) is 6.49. The lowest BCUT2D eigenvalue weighted by Gasteiger charge is -2.09. The van der Waals surface area contributed by atoms with Crippen molar-refractivity contribution in [1.29, 1.82) is 0 Å². The van der Waals surface area contributed by atoms with Crippen molar-refractivity contribution in [2.75, 3.05) is 5.32 Å². The molecule has 2 aromatic rings. The van der Waals surface area contributed by atoms with Gasteiger partial charge in [-0.05, 0) is 41.2 Å². The van der Waals surface area contributed by atoms with E-state index in [1.54, 1.807) is 0 Å². The van der Waals surface area contributed by atoms with E-state index in [0.717, 1.165) is 25.2 Å². The Bertz CT molecular complexity index is 630. The molecule has 0 aromatic heterocycles. The highest BCUT2D eigenvalue weighted by atomic mass is 16.1. The monoisotopic (exact) mass is 324 g/mol. The molecule has 0 saturated heterocycles. The molecule has 0 aliphatic carbocycles. The molecule has 0 heterocycles. The number of hydrogen-bond acceptors (Lipinski definition) is 2. The summed E-state index contributed by atoms with van der Waals surface area (Å²) in [7, 11) is 0. The summed E-state index contributed by atoms with van der Waals surface area (Å²) >= 11 is 0. The van der Waals surface area contributed by atoms with Crippen molar-refractivity contribution in [3.05, 3.63) is 65.2 Å². The van der Waals surface area contributed by atoms with Crippen molar-refractivity contribution in [1.82, 2.24) is 5.32 Å². The van der Waals surface area contributed by atoms with E-state index in [0.29, 0.717) is 12.3 Å². The summed E-state index contributed by atoms with van der Waals surface area (Å²) in [5.74, 6) is 0.650. The Labute approximate surface area is 145 Å². The highest BCUT2D eigenvalue weighted by Gasteiger charge is 2.01. The van der Waals surface area contributed by atoms with Crippen LogP contribution in [0.15, 0.2) is 48.5 Å². The fraction of sp³-hybridized carbons (Fsp3) is 0.381. The second-order valence-electron chi connectivity index (χ2n) is 6.49. The summed E-state index contributed by atoms with van der Waals surface area (Å²) in [5, 5.41) is 6.37. The van der Waals surface area contributed by atoms with Crippen LogP contribution in [-0.4, -0.2) is 5.91 Å². The lowest BCUT2D eigenvalue weighted by Crippen LogP contribution is -2.13. The third-order valence-corrected chi connectivity index (χ3v) is 4.02. The molecule has 0 saturated carbocycles. The normalized spacial score (nSPS) is 10.8. The SMILES string of the molecule is CCCC(=O)Nc1ccc(CNCc2ccc(C(C)C)cc2)cc1. The maximum absolute atomic E-state index is 11.6. The molecule has 0 fully saturated rings. The summed E-state index contributed by atoms with van der Waals surface area (Å²) in [6, 6.07) is 16.8. The number of anilines is 1. The van der Waals surface area contributed by atoms with Crippen LogP contribution < -0.4 is 10.6 Å². The van der Waals surface area contributed by atoms with Crippen LogP contribution in [-0.2, 0) is 17.9 Å². The molecule has 0 spiro atoms. The molecule has 3 heteroatoms. The van der Waals surface area contributed by atoms with Crippen LogP contribution in [0, 0.1) is 0 Å². The third kappa shape index (κ3) is 5.82. The molecule has 0 radical (unpaired) electrons. The minimum Gasteiger partial charge on any atom is -0.326 e. The number of benzene rings is 2. The maximum atomic E-state index is 11.6. The van der Waals surface area contributed by atoms with Crippen LogP contribution in [0.5, 0.6) is 0 Å². The van der Waals surface area contributed by atoms with Crippen LogP contribution in [0.1, 0.15) is 56.2 Å². The zero-order chi connectivity index (χ0) is 17.4. The van der Waals surface area contributed by atoms with Gasteiger partial charge in [-0.15, -0.1) is 0 Å². The average Bonchev–Trinajstić information content (AvgIpc) is 2.57. The molecule has 0 aliphatic rings. The molecule has 2 aromatic carbocycles. The molecule has 0 atom stereocenters. The fourth-order valence-corrected chi connectivity index (χ4v) is 2.53. The lowest BCUT2D eigenvalue weighted by atomic mass is 10.0. The molecule has 0 unspecified atom stereocenters. The van der Waals surface area contributed by atoms with Crippen molar-refractivity contribution < 1.29 is 4.79 Å². The van der Waals surface area contributed by atoms with Crippen LogP contribution in [0.2, 0.25) is 0 Å². The zero-order valence-corrected chi connectivity index (χ0v) is 14.9. The first-order valence-corrected chi connectivity index (χ1v) is 8.77. The van der Waals surface area contributed by atoms with E-state index in [1.807, 2.05) is 19.1 Å². The minimum atomic E-state index is 0.0771. The summed E-state index contributed by atoms with van der Waals surface area (Å²) in [5.41, 5.74) is 4.74. The molecule has 0 aliphatic heterocycles. The Kier molecular flexibility index (Phi) is 7.01. The van der Waals surface area contributed by atoms with Gasteiger partial charge in [0.05, 0.1) is 0 Å². The Balaban J connectivity index is 1.78. The van der Waals surface area contributed by atoms with Crippen LogP contribution in [0.25, 0.3) is 0 Å². The minimum absolute atomic E-state index is 0.0771. The molecular formula is C21H28N2O. The van der Waals surface area contributed by atoms with Gasteiger partial charge in [-0.1, -0.05) is 57.2 Å². The first kappa shape index (κ1) is 18.2. The Morgan fingerprint density at radius 2 is 1.46 bits per heavy atom. The topological polar surface area (TPSA) is 41.1 Å². The molecular weight excluding hydrogens is 296 g/mol. The van der Waals surface area contributed by atoms with Crippen molar-refractivity contribution in [3.8, 4) is 0 Å². The second kappa shape index (κ2) is 9.24. The molecule has 3 nitrogen and oxygen atoms in total. The maximum Gasteiger partial charge on any atom is 0.224 e. The number of amides is 1. The van der Waals surface area contributed by atoms with E-state index in [1.165, 1.54) is 16.7 Å². The van der Waals surface area contributed by atoms with Crippen LogP contribution in [0.4, 0.5) is 5.69 Å². The smallest absolute Gasteiger partial charge is 0.224 e. The number of carbonyl (C=O) groups excluding carboxylic acids is 1. The van der Waals surface area contributed by atoms with Gasteiger partial charge in [-0.2, -0.15) is 0 Å². The summed E-state index contributed by atoms with van der Waals surface area (Å²) in [6.45, 7) is 8.09. The quantitative estimate of drug-likeness (QED) is 0.729. The first-order valence-electron chi connectivity index (χ1n) is 8.77. The zero-order valence-electron chi connectivity index (χ0n) is 14.9. The average molecular weight is 324 g/mol. The predicted octanol–water partition coefficient (Wildman–Crippen LogP) is 4.84. The Morgan fingerprint density at radius 3 is 1.96 bits per heavy atom. The van der Waals surface area contributed by atoms with Gasteiger partial charge in [-0.25, -0.2) is 0 Å².